The molecule has 7 nitrogen and oxygen atoms in total. The van der Waals surface area contributed by atoms with Gasteiger partial charge in [-0.25, -0.2) is 4.39 Å². The molecule has 2 N–H and O–H groups in total. The number of hydrogen-bond donors (Lipinski definition) is 2. The molecular formula is C29H36F4N4O3. The number of nitrogens with zero attached hydrogens (tertiary/aromatic N) is 2. The normalized spacial score (nSPS) is 27.9. The highest BCUT2D eigenvalue weighted by atomic mass is 19.4. The Morgan fingerprint density at radius 3 is 2.38 bits per heavy atom. The lowest BCUT2D eigenvalue weighted by molar-refractivity contribution is -0.186. The quantitative estimate of drug-likeness (QED) is 0.343. The molecule has 1 unspecified atom stereocenters. The van der Waals surface area contributed by atoms with Crippen molar-refractivity contribution in [1.82, 2.24) is 15.5 Å². The maximum atomic E-state index is 15.1. The molecule has 0 aromatic heterocycles. The van der Waals surface area contributed by atoms with Crippen molar-refractivity contribution in [2.24, 2.45) is 11.3 Å². The summed E-state index contributed by atoms with van der Waals surface area (Å²) in [5.74, 6) is -1.40. The van der Waals surface area contributed by atoms with Crippen LogP contribution in [0.1, 0.15) is 86.6 Å². The molecule has 0 radical (unpaired) electrons. The lowest BCUT2D eigenvalue weighted by Gasteiger charge is -2.40. The van der Waals surface area contributed by atoms with Crippen molar-refractivity contribution in [2.75, 3.05) is 18.0 Å². The summed E-state index contributed by atoms with van der Waals surface area (Å²) in [7, 11) is 0. The Balaban J connectivity index is 1.18. The maximum absolute atomic E-state index is 15.1. The molecule has 1 saturated heterocycles. The summed E-state index contributed by atoms with van der Waals surface area (Å²) < 4.78 is 55.2. The van der Waals surface area contributed by atoms with E-state index in [-0.39, 0.29) is 62.3 Å². The Hall–Kier alpha value is -2.69. The third-order valence-electron chi connectivity index (χ3n) is 9.73. The Bertz CT molecular complexity index is 1190. The average molecular weight is 565 g/mol. The predicted molar refractivity (Wildman–Crippen MR) is 139 cm³/mol. The summed E-state index contributed by atoms with van der Waals surface area (Å²) in [5.41, 5.74) is -0.191. The summed E-state index contributed by atoms with van der Waals surface area (Å²) in [5, 5.41) is 5.48. The average Bonchev–Trinajstić information content (AvgIpc) is 3.83. The monoisotopic (exact) mass is 564 g/mol. The van der Waals surface area contributed by atoms with Crippen LogP contribution in [0.3, 0.4) is 0 Å². The number of nitrogens with one attached hydrogen (secondary N) is 2. The predicted octanol–water partition coefficient (Wildman–Crippen LogP) is 4.44. The largest absolute Gasteiger partial charge is 0.395 e. The Labute approximate surface area is 231 Å². The van der Waals surface area contributed by atoms with Gasteiger partial charge in [-0.15, -0.1) is 0 Å². The minimum Gasteiger partial charge on any atom is -0.368 e. The van der Waals surface area contributed by atoms with E-state index in [2.05, 4.69) is 15.5 Å². The van der Waals surface area contributed by atoms with E-state index in [1.54, 1.807) is 6.07 Å². The van der Waals surface area contributed by atoms with Gasteiger partial charge in [-0.1, -0.05) is 12.8 Å². The molecule has 4 fully saturated rings. The van der Waals surface area contributed by atoms with E-state index in [4.69, 9.17) is 0 Å². The third-order valence-corrected chi connectivity index (χ3v) is 9.73. The number of fused-ring (bicyclic) bond motifs is 1. The van der Waals surface area contributed by atoms with Crippen molar-refractivity contribution in [2.45, 2.75) is 101 Å². The van der Waals surface area contributed by atoms with Gasteiger partial charge < -0.3 is 15.1 Å². The molecule has 3 saturated carbocycles. The first kappa shape index (κ1) is 27.5. The molecule has 218 valence electrons. The van der Waals surface area contributed by atoms with Gasteiger partial charge in [0.2, 0.25) is 11.8 Å². The SMILES string of the molecule is O=C1CCC(N2Cc3c(N(CCC4CC4)C4CCC(NCC5(C(F)(F)F)CC5)CC4)ccc(F)c3C2=O)C(=O)N1. The zero-order valence-electron chi connectivity index (χ0n) is 22.5. The van der Waals surface area contributed by atoms with Crippen LogP contribution in [0.4, 0.5) is 23.2 Å². The molecule has 40 heavy (non-hydrogen) atoms. The standard InChI is InChI=1S/C29H36F4N4O3/c30-21-7-8-22(20-15-37(27(40)25(20)21)23-9-10-24(38)35-26(23)39)36(14-11-17-1-2-17)19-5-3-18(4-6-19)34-16-28(12-13-28)29(31,32)33/h7-8,17-19,23,34H,1-6,9-16H2,(H,35,38,39). The highest BCUT2D eigenvalue weighted by Crippen LogP contribution is 2.57. The number of carbonyl (C=O) groups excluding carboxylic acids is 3. The van der Waals surface area contributed by atoms with E-state index >= 15 is 4.39 Å². The van der Waals surface area contributed by atoms with Crippen LogP contribution in [0.15, 0.2) is 12.1 Å². The molecule has 6 rings (SSSR count). The van der Waals surface area contributed by atoms with Crippen molar-refractivity contribution < 1.29 is 31.9 Å². The summed E-state index contributed by atoms with van der Waals surface area (Å²) in [4.78, 5) is 41.2. The number of carbonyl (C=O) groups is 3. The van der Waals surface area contributed by atoms with Gasteiger partial charge in [0, 0.05) is 49.4 Å². The first-order valence-corrected chi connectivity index (χ1v) is 14.6. The van der Waals surface area contributed by atoms with Crippen LogP contribution in [0.2, 0.25) is 0 Å². The fourth-order valence-electron chi connectivity index (χ4n) is 6.76. The number of anilines is 1. The van der Waals surface area contributed by atoms with Crippen molar-refractivity contribution in [1.29, 1.82) is 0 Å². The van der Waals surface area contributed by atoms with Gasteiger partial charge in [0.05, 0.1) is 11.0 Å². The number of alkyl halides is 3. The van der Waals surface area contributed by atoms with Crippen LogP contribution in [0, 0.1) is 17.2 Å². The number of benzene rings is 1. The van der Waals surface area contributed by atoms with Gasteiger partial charge in [-0.3, -0.25) is 19.7 Å². The highest BCUT2D eigenvalue weighted by molar-refractivity contribution is 6.06. The van der Waals surface area contributed by atoms with Crippen molar-refractivity contribution in [3.05, 3.63) is 29.1 Å². The van der Waals surface area contributed by atoms with Crippen LogP contribution in [0.5, 0.6) is 0 Å². The molecular weight excluding hydrogens is 528 g/mol. The van der Waals surface area contributed by atoms with Gasteiger partial charge in [-0.05, 0) is 69.4 Å². The Morgan fingerprint density at radius 1 is 1.02 bits per heavy atom. The van der Waals surface area contributed by atoms with Gasteiger partial charge in [0.25, 0.3) is 5.91 Å². The number of imide groups is 1. The summed E-state index contributed by atoms with van der Waals surface area (Å²) in [6, 6.07) is 2.39. The molecule has 3 amide bonds. The van der Waals surface area contributed by atoms with Crippen LogP contribution >= 0.6 is 0 Å². The second kappa shape index (κ2) is 10.3. The summed E-state index contributed by atoms with van der Waals surface area (Å²) in [6.07, 6.45) is 3.00. The van der Waals surface area contributed by atoms with Gasteiger partial charge in [-0.2, -0.15) is 13.2 Å². The van der Waals surface area contributed by atoms with Crippen molar-refractivity contribution in [3.63, 3.8) is 0 Å². The minimum atomic E-state index is -4.17. The van der Waals surface area contributed by atoms with E-state index in [1.165, 1.54) is 23.8 Å². The topological polar surface area (TPSA) is 81.8 Å². The smallest absolute Gasteiger partial charge is 0.368 e. The van der Waals surface area contributed by atoms with Crippen LogP contribution < -0.4 is 15.5 Å². The lowest BCUT2D eigenvalue weighted by Crippen LogP contribution is -2.52. The lowest BCUT2D eigenvalue weighted by atomic mass is 9.88. The van der Waals surface area contributed by atoms with Gasteiger partial charge >= 0.3 is 6.18 Å². The van der Waals surface area contributed by atoms with E-state index in [1.807, 2.05) is 0 Å². The van der Waals surface area contributed by atoms with E-state index in [0.29, 0.717) is 11.5 Å². The summed E-state index contributed by atoms with van der Waals surface area (Å²) >= 11 is 0. The minimum absolute atomic E-state index is 0.00384. The molecule has 0 spiro atoms. The molecule has 1 atom stereocenters. The van der Waals surface area contributed by atoms with Crippen LogP contribution in [-0.2, 0) is 16.1 Å². The second-order valence-corrected chi connectivity index (χ2v) is 12.4. The van der Waals surface area contributed by atoms with E-state index in [9.17, 15) is 27.6 Å². The first-order valence-electron chi connectivity index (χ1n) is 14.6. The zero-order valence-corrected chi connectivity index (χ0v) is 22.5. The number of amides is 3. The molecule has 0 bridgehead atoms. The molecule has 1 aromatic carbocycles. The second-order valence-electron chi connectivity index (χ2n) is 12.4. The number of rotatable bonds is 9. The van der Waals surface area contributed by atoms with E-state index in [0.717, 1.165) is 44.3 Å². The van der Waals surface area contributed by atoms with E-state index < -0.39 is 35.3 Å². The fourth-order valence-corrected chi connectivity index (χ4v) is 6.76. The van der Waals surface area contributed by atoms with Crippen molar-refractivity contribution >= 4 is 23.4 Å². The van der Waals surface area contributed by atoms with Crippen LogP contribution in [-0.4, -0.2) is 60.0 Å². The van der Waals surface area contributed by atoms with Gasteiger partial charge in [0.1, 0.15) is 11.9 Å². The molecule has 1 aromatic rings. The molecule has 11 heteroatoms. The first-order chi connectivity index (χ1) is 19.1. The van der Waals surface area contributed by atoms with Gasteiger partial charge in [0.15, 0.2) is 0 Å². The summed E-state index contributed by atoms with van der Waals surface area (Å²) in [6.45, 7) is 0.834. The van der Waals surface area contributed by atoms with Crippen LogP contribution in [0.25, 0.3) is 0 Å². The van der Waals surface area contributed by atoms with Crippen molar-refractivity contribution in [3.8, 4) is 0 Å². The zero-order chi connectivity index (χ0) is 28.2. The fraction of sp³-hybridized carbons (Fsp3) is 0.690. The highest BCUT2D eigenvalue weighted by Gasteiger charge is 2.62. The third kappa shape index (κ3) is 5.21. The molecule has 3 aliphatic carbocycles. The number of halogens is 4. The Morgan fingerprint density at radius 2 is 1.75 bits per heavy atom. The number of hydrogen-bond acceptors (Lipinski definition) is 5. The molecule has 2 aliphatic heterocycles. The molecule has 2 heterocycles. The molecule has 5 aliphatic rings. The number of piperidine rings is 1. The Kier molecular flexibility index (Phi) is 7.07. The maximum Gasteiger partial charge on any atom is 0.395 e.